The van der Waals surface area contributed by atoms with Gasteiger partial charge in [0.05, 0.1) is 28.9 Å². The molecule has 30 heavy (non-hydrogen) atoms. The Morgan fingerprint density at radius 1 is 0.967 bits per heavy atom. The summed E-state index contributed by atoms with van der Waals surface area (Å²) in [5.74, 6) is -0.117. The van der Waals surface area contributed by atoms with Crippen molar-refractivity contribution in [2.45, 2.75) is 19.9 Å². The predicted octanol–water partition coefficient (Wildman–Crippen LogP) is 5.48. The molecule has 2 N–H and O–H groups in total. The van der Waals surface area contributed by atoms with Crippen LogP contribution in [0.2, 0.25) is 5.02 Å². The van der Waals surface area contributed by atoms with Gasteiger partial charge in [0.2, 0.25) is 0 Å². The molecule has 6 heteroatoms. The zero-order chi connectivity index (χ0) is 21.5. The number of halogens is 1. The van der Waals surface area contributed by atoms with Gasteiger partial charge in [-0.15, -0.1) is 0 Å². The molecule has 0 fully saturated rings. The quantitative estimate of drug-likeness (QED) is 0.529. The van der Waals surface area contributed by atoms with Gasteiger partial charge in [-0.1, -0.05) is 54.1 Å². The lowest BCUT2D eigenvalue weighted by atomic mass is 10.1. The number of carbonyl (C=O) groups is 2. The molecule has 0 aliphatic heterocycles. The van der Waals surface area contributed by atoms with E-state index in [9.17, 15) is 9.59 Å². The Morgan fingerprint density at radius 3 is 2.37 bits per heavy atom. The van der Waals surface area contributed by atoms with Crippen LogP contribution in [0.4, 0.5) is 5.69 Å². The van der Waals surface area contributed by atoms with Crippen molar-refractivity contribution in [3.8, 4) is 5.75 Å². The van der Waals surface area contributed by atoms with Gasteiger partial charge in [-0.3, -0.25) is 9.59 Å². The van der Waals surface area contributed by atoms with E-state index in [2.05, 4.69) is 10.6 Å². The van der Waals surface area contributed by atoms with Crippen molar-refractivity contribution in [2.24, 2.45) is 0 Å². The third-order valence-corrected chi connectivity index (χ3v) is 4.86. The second-order valence-corrected chi connectivity index (χ2v) is 7.09. The van der Waals surface area contributed by atoms with Crippen LogP contribution in [-0.2, 0) is 0 Å². The summed E-state index contributed by atoms with van der Waals surface area (Å²) in [6, 6.07) is 21.2. The standard InChI is InChI=1S/C24H23ClN2O3/c1-3-30-22-14-13-18(15-20(22)25)23(28)27-21-12-8-7-11-19(21)24(29)26-16(2)17-9-5-4-6-10-17/h4-16H,3H2,1-2H3,(H,26,29)(H,27,28)/t16-/m1/s1. The van der Waals surface area contributed by atoms with E-state index in [-0.39, 0.29) is 17.9 Å². The summed E-state index contributed by atoms with van der Waals surface area (Å²) in [6.07, 6.45) is 0. The third kappa shape index (κ3) is 5.19. The minimum Gasteiger partial charge on any atom is -0.492 e. The molecule has 3 rings (SSSR count). The molecular formula is C24H23ClN2O3. The van der Waals surface area contributed by atoms with E-state index in [1.54, 1.807) is 42.5 Å². The Hall–Kier alpha value is -3.31. The van der Waals surface area contributed by atoms with Gasteiger partial charge in [-0.2, -0.15) is 0 Å². The van der Waals surface area contributed by atoms with Crippen molar-refractivity contribution in [3.63, 3.8) is 0 Å². The smallest absolute Gasteiger partial charge is 0.255 e. The summed E-state index contributed by atoms with van der Waals surface area (Å²) >= 11 is 6.18. The first-order valence-corrected chi connectivity index (χ1v) is 10.1. The number of hydrogen-bond donors (Lipinski definition) is 2. The number of anilines is 1. The van der Waals surface area contributed by atoms with Crippen molar-refractivity contribution in [2.75, 3.05) is 11.9 Å². The highest BCUT2D eigenvalue weighted by molar-refractivity contribution is 6.32. The fourth-order valence-corrected chi connectivity index (χ4v) is 3.23. The molecule has 3 aromatic rings. The number of para-hydroxylation sites is 1. The summed E-state index contributed by atoms with van der Waals surface area (Å²) in [5.41, 5.74) is 2.17. The van der Waals surface area contributed by atoms with Gasteiger partial charge in [0, 0.05) is 5.56 Å². The average Bonchev–Trinajstić information content (AvgIpc) is 2.76. The van der Waals surface area contributed by atoms with Crippen LogP contribution < -0.4 is 15.4 Å². The largest absolute Gasteiger partial charge is 0.492 e. The molecule has 0 aliphatic rings. The lowest BCUT2D eigenvalue weighted by molar-refractivity contribution is 0.0941. The molecule has 0 saturated heterocycles. The fraction of sp³-hybridized carbons (Fsp3) is 0.167. The molecule has 0 unspecified atom stereocenters. The second kappa shape index (κ2) is 9.94. The lowest BCUT2D eigenvalue weighted by Gasteiger charge is -2.16. The van der Waals surface area contributed by atoms with E-state index < -0.39 is 0 Å². The number of carbonyl (C=O) groups excluding carboxylic acids is 2. The van der Waals surface area contributed by atoms with Gasteiger partial charge >= 0.3 is 0 Å². The van der Waals surface area contributed by atoms with Gasteiger partial charge in [0.15, 0.2) is 0 Å². The number of benzene rings is 3. The highest BCUT2D eigenvalue weighted by atomic mass is 35.5. The third-order valence-electron chi connectivity index (χ3n) is 4.56. The van der Waals surface area contributed by atoms with Crippen LogP contribution >= 0.6 is 11.6 Å². The molecule has 5 nitrogen and oxygen atoms in total. The SMILES string of the molecule is CCOc1ccc(C(=O)Nc2ccccc2C(=O)N[C@H](C)c2ccccc2)cc1Cl. The van der Waals surface area contributed by atoms with Crippen molar-refractivity contribution >= 4 is 29.1 Å². The maximum absolute atomic E-state index is 12.8. The van der Waals surface area contributed by atoms with Crippen molar-refractivity contribution in [1.29, 1.82) is 0 Å². The van der Waals surface area contributed by atoms with Gasteiger partial charge in [0.1, 0.15) is 5.75 Å². The van der Waals surface area contributed by atoms with Gasteiger partial charge in [0.25, 0.3) is 11.8 Å². The summed E-state index contributed by atoms with van der Waals surface area (Å²) in [6.45, 7) is 4.25. The molecule has 0 aliphatic carbocycles. The van der Waals surface area contributed by atoms with Gasteiger partial charge in [-0.05, 0) is 49.7 Å². The van der Waals surface area contributed by atoms with Crippen LogP contribution in [0.5, 0.6) is 5.75 Å². The first-order valence-electron chi connectivity index (χ1n) is 9.68. The van der Waals surface area contributed by atoms with Crippen molar-refractivity contribution in [1.82, 2.24) is 5.32 Å². The van der Waals surface area contributed by atoms with Crippen LogP contribution in [0.25, 0.3) is 0 Å². The van der Waals surface area contributed by atoms with Crippen LogP contribution in [0, 0.1) is 0 Å². The van der Waals surface area contributed by atoms with Crippen molar-refractivity contribution < 1.29 is 14.3 Å². The number of rotatable bonds is 7. The zero-order valence-electron chi connectivity index (χ0n) is 16.8. The summed E-state index contributed by atoms with van der Waals surface area (Å²) < 4.78 is 5.40. The Morgan fingerprint density at radius 2 is 1.67 bits per heavy atom. The lowest BCUT2D eigenvalue weighted by Crippen LogP contribution is -2.28. The first-order chi connectivity index (χ1) is 14.5. The molecule has 0 heterocycles. The Labute approximate surface area is 181 Å². The minimum absolute atomic E-state index is 0.174. The minimum atomic E-state index is -0.365. The van der Waals surface area contributed by atoms with Gasteiger partial charge < -0.3 is 15.4 Å². The first kappa shape index (κ1) is 21.4. The molecule has 0 aromatic heterocycles. The summed E-state index contributed by atoms with van der Waals surface area (Å²) in [7, 11) is 0. The van der Waals surface area contributed by atoms with E-state index in [0.29, 0.717) is 34.2 Å². The highest BCUT2D eigenvalue weighted by Crippen LogP contribution is 2.26. The van der Waals surface area contributed by atoms with E-state index in [4.69, 9.17) is 16.3 Å². The maximum Gasteiger partial charge on any atom is 0.255 e. The Balaban J connectivity index is 1.75. The molecule has 0 spiro atoms. The fourth-order valence-electron chi connectivity index (χ4n) is 3.00. The highest BCUT2D eigenvalue weighted by Gasteiger charge is 2.17. The molecule has 0 bridgehead atoms. The number of ether oxygens (including phenoxy) is 1. The number of nitrogens with one attached hydrogen (secondary N) is 2. The summed E-state index contributed by atoms with van der Waals surface area (Å²) in [4.78, 5) is 25.5. The topological polar surface area (TPSA) is 67.4 Å². The zero-order valence-corrected chi connectivity index (χ0v) is 17.6. The van der Waals surface area contributed by atoms with E-state index >= 15 is 0 Å². The van der Waals surface area contributed by atoms with E-state index in [1.807, 2.05) is 44.2 Å². The molecule has 3 aromatic carbocycles. The maximum atomic E-state index is 12.8. The molecule has 2 amide bonds. The van der Waals surface area contributed by atoms with Crippen molar-refractivity contribution in [3.05, 3.63) is 94.5 Å². The monoisotopic (exact) mass is 422 g/mol. The second-order valence-electron chi connectivity index (χ2n) is 6.68. The van der Waals surface area contributed by atoms with Crippen LogP contribution in [-0.4, -0.2) is 18.4 Å². The molecular weight excluding hydrogens is 400 g/mol. The number of amides is 2. The van der Waals surface area contributed by atoms with E-state index in [0.717, 1.165) is 5.56 Å². The Bertz CT molecular complexity index is 1040. The normalized spacial score (nSPS) is 11.4. The molecule has 1 atom stereocenters. The Kier molecular flexibility index (Phi) is 7.09. The van der Waals surface area contributed by atoms with Gasteiger partial charge in [-0.25, -0.2) is 0 Å². The molecule has 154 valence electrons. The average molecular weight is 423 g/mol. The van der Waals surface area contributed by atoms with E-state index in [1.165, 1.54) is 0 Å². The summed E-state index contributed by atoms with van der Waals surface area (Å²) in [5, 5.41) is 6.12. The van der Waals surface area contributed by atoms with Crippen LogP contribution in [0.3, 0.4) is 0 Å². The molecule has 0 radical (unpaired) electrons. The predicted molar refractivity (Wildman–Crippen MR) is 119 cm³/mol. The number of hydrogen-bond acceptors (Lipinski definition) is 3. The van der Waals surface area contributed by atoms with Crippen LogP contribution in [0.15, 0.2) is 72.8 Å². The van der Waals surface area contributed by atoms with Crippen LogP contribution in [0.1, 0.15) is 46.2 Å². The molecule has 0 saturated carbocycles.